The van der Waals surface area contributed by atoms with E-state index < -0.39 is 0 Å². The molecule has 6 aromatic carbocycles. The van der Waals surface area contributed by atoms with Crippen molar-refractivity contribution in [1.29, 1.82) is 0 Å². The highest BCUT2D eigenvalue weighted by Crippen LogP contribution is 2.48. The van der Waals surface area contributed by atoms with Gasteiger partial charge in [0.2, 0.25) is 0 Å². The average Bonchev–Trinajstić information content (AvgIpc) is 0.784. The van der Waals surface area contributed by atoms with Crippen LogP contribution in [0.2, 0.25) is 0 Å². The van der Waals surface area contributed by atoms with Crippen LogP contribution in [0.1, 0.15) is 209 Å². The first-order chi connectivity index (χ1) is 48.4. The number of ether oxygens (including phenoxy) is 14. The van der Waals surface area contributed by atoms with Gasteiger partial charge < -0.3 is 66.3 Å². The first-order valence-electron chi connectivity index (χ1n) is 38.0. The number of benzene rings is 6. The number of rotatable bonds is 44. The van der Waals surface area contributed by atoms with Crippen LogP contribution in [0.4, 0.5) is 0 Å². The van der Waals surface area contributed by atoms with Crippen molar-refractivity contribution in [1.82, 2.24) is 0 Å². The van der Waals surface area contributed by atoms with Crippen LogP contribution in [0.15, 0.2) is 97.1 Å². The summed E-state index contributed by atoms with van der Waals surface area (Å²) in [5, 5.41) is 0. The Kier molecular flexibility index (Phi) is 37.5. The summed E-state index contributed by atoms with van der Waals surface area (Å²) in [6, 6.07) is 33.3. The zero-order valence-electron chi connectivity index (χ0n) is 61.2. The van der Waals surface area contributed by atoms with Crippen LogP contribution < -0.4 is 56.8 Å². The van der Waals surface area contributed by atoms with Crippen molar-refractivity contribution in [3.05, 3.63) is 97.1 Å². The Bertz CT molecular complexity index is 2750. The van der Waals surface area contributed by atoms with Crippen molar-refractivity contribution in [2.75, 3.05) is 106 Å². The normalized spacial score (nSPS) is 12.9. The van der Waals surface area contributed by atoms with E-state index in [0.29, 0.717) is 98.9 Å². The zero-order chi connectivity index (χ0) is 69.0. The van der Waals surface area contributed by atoms with Gasteiger partial charge in [0.05, 0.1) is 79.3 Å². The third-order valence-corrected chi connectivity index (χ3v) is 17.2. The minimum absolute atomic E-state index is 0.239. The van der Waals surface area contributed by atoms with Crippen LogP contribution in [0.5, 0.6) is 69.0 Å². The second-order valence-corrected chi connectivity index (χ2v) is 25.4. The number of hydrogen-bond acceptors (Lipinski definition) is 14. The van der Waals surface area contributed by atoms with Gasteiger partial charge in [-0.15, -0.1) is 0 Å². The average molecular weight is 1350 g/mol. The van der Waals surface area contributed by atoms with E-state index in [0.717, 1.165) is 222 Å². The molecule has 6 aromatic rings. The van der Waals surface area contributed by atoms with Gasteiger partial charge in [-0.2, -0.15) is 0 Å². The van der Waals surface area contributed by atoms with E-state index in [9.17, 15) is 0 Å². The second-order valence-electron chi connectivity index (χ2n) is 25.4. The third-order valence-electron chi connectivity index (χ3n) is 17.2. The number of hydrogen-bond donors (Lipinski definition) is 0. The Morgan fingerprint density at radius 3 is 0.582 bits per heavy atom. The summed E-state index contributed by atoms with van der Waals surface area (Å²) in [4.78, 5) is 0. The van der Waals surface area contributed by atoms with Gasteiger partial charge >= 0.3 is 0 Å². The Balaban J connectivity index is 1.24. The first kappa shape index (κ1) is 78.2. The fourth-order valence-corrected chi connectivity index (χ4v) is 11.5. The number of fused-ring (bicyclic) bond motifs is 2. The molecule has 0 N–H and O–H groups in total. The van der Waals surface area contributed by atoms with E-state index in [1.54, 1.807) is 0 Å². The highest BCUT2D eigenvalue weighted by Gasteiger charge is 2.23. The highest BCUT2D eigenvalue weighted by atomic mass is 16.6. The van der Waals surface area contributed by atoms with Crippen molar-refractivity contribution in [3.8, 4) is 114 Å². The maximum absolute atomic E-state index is 6.74. The Labute approximate surface area is 589 Å². The molecule has 0 saturated carbocycles. The molecule has 1 aliphatic rings. The van der Waals surface area contributed by atoms with Crippen molar-refractivity contribution in [2.45, 2.75) is 209 Å². The van der Waals surface area contributed by atoms with Crippen LogP contribution in [0, 0.1) is 0 Å². The summed E-state index contributed by atoms with van der Waals surface area (Å²) in [6.07, 6.45) is 25.2. The van der Waals surface area contributed by atoms with E-state index in [1.807, 2.05) is 24.3 Å². The minimum atomic E-state index is 0.239. The molecule has 0 amide bonds. The molecule has 1 heterocycles. The zero-order valence-corrected chi connectivity index (χ0v) is 61.2. The van der Waals surface area contributed by atoms with Crippen LogP contribution in [0.3, 0.4) is 0 Å². The molecule has 0 atom stereocenters. The third kappa shape index (κ3) is 26.5. The molecule has 0 bridgehead atoms. The predicted molar refractivity (Wildman–Crippen MR) is 398 cm³/mol. The standard InChI is InChI=1S/C84H120O14/c1-9-17-25-41-87-73-37-33-65(57-77(73)91-45-29-21-13-5)69-61-81-82(62-70(69)66-34-38-74(88-42-26-18-10-2)78(58-66)92-46-30-22-14-6)96-54-50-86-52-56-98-84-64-72(68-36-40-76(90-44-28-20-12-4)80(60-68)94-48-32-24-16-8)71(63-83(84)97-55-51-85-49-53-95-81)67-35-39-75(89-43-27-19-11-3)79(59-67)93-47-31-23-15-7/h33-40,57-64H,9-32,41-56H2,1-8H3. The molecule has 0 aliphatic carbocycles. The smallest absolute Gasteiger partial charge is 0.161 e. The molecular weight excluding hydrogens is 1230 g/mol. The number of unbranched alkanes of at least 4 members (excludes halogenated alkanes) is 16. The Morgan fingerprint density at radius 1 is 0.214 bits per heavy atom. The van der Waals surface area contributed by atoms with E-state index in [1.165, 1.54) is 0 Å². The summed E-state index contributed by atoms with van der Waals surface area (Å²) in [6.45, 7) is 24.5. The van der Waals surface area contributed by atoms with Crippen molar-refractivity contribution < 1.29 is 66.3 Å². The molecule has 98 heavy (non-hydrogen) atoms. The van der Waals surface area contributed by atoms with E-state index in [4.69, 9.17) is 66.3 Å². The molecule has 0 fully saturated rings. The monoisotopic (exact) mass is 1350 g/mol. The SMILES string of the molecule is CCCCCOc1ccc(-c2cc3c(cc2-c2ccc(OCCCCC)c(OCCCCC)c2)OCCOCCOc2cc(-c4ccc(OCCCCC)c(OCCCCC)c4)c(-c4ccc(OCCCCC)c(OCCCCC)c4)cc2OCCOCCO3)cc1OCCCCC. The Hall–Kier alpha value is -7.16. The van der Waals surface area contributed by atoms with Crippen LogP contribution in [-0.4, -0.2) is 106 Å². The molecule has 0 unspecified atom stereocenters. The molecule has 0 spiro atoms. The molecular formula is C84H120O14. The topological polar surface area (TPSA) is 129 Å². The fraction of sp³-hybridized carbons (Fsp3) is 0.571. The van der Waals surface area contributed by atoms with Crippen molar-refractivity contribution in [3.63, 3.8) is 0 Å². The van der Waals surface area contributed by atoms with Crippen LogP contribution >= 0.6 is 0 Å². The molecule has 540 valence electrons. The van der Waals surface area contributed by atoms with Crippen LogP contribution in [-0.2, 0) is 9.47 Å². The summed E-state index contributed by atoms with van der Waals surface area (Å²) >= 11 is 0. The second kappa shape index (κ2) is 47.0. The van der Waals surface area contributed by atoms with E-state index in [2.05, 4.69) is 128 Å². The minimum Gasteiger partial charge on any atom is -0.490 e. The van der Waals surface area contributed by atoms with Crippen LogP contribution in [0.25, 0.3) is 44.5 Å². The maximum atomic E-state index is 6.74. The lowest BCUT2D eigenvalue weighted by Gasteiger charge is -2.21. The lowest BCUT2D eigenvalue weighted by molar-refractivity contribution is 0.0641. The quantitative estimate of drug-likeness (QED) is 0.0336. The van der Waals surface area contributed by atoms with Crippen molar-refractivity contribution >= 4 is 0 Å². The summed E-state index contributed by atoms with van der Waals surface area (Å²) < 4.78 is 91.8. The maximum Gasteiger partial charge on any atom is 0.161 e. The van der Waals surface area contributed by atoms with Gasteiger partial charge in [-0.05, 0) is 169 Å². The van der Waals surface area contributed by atoms with Crippen molar-refractivity contribution in [2.24, 2.45) is 0 Å². The van der Waals surface area contributed by atoms with Gasteiger partial charge in [0.25, 0.3) is 0 Å². The van der Waals surface area contributed by atoms with Gasteiger partial charge in [-0.1, -0.05) is 182 Å². The highest BCUT2D eigenvalue weighted by molar-refractivity contribution is 5.89. The molecule has 0 aromatic heterocycles. The van der Waals surface area contributed by atoms with E-state index >= 15 is 0 Å². The van der Waals surface area contributed by atoms with Gasteiger partial charge in [0.1, 0.15) is 26.4 Å². The Morgan fingerprint density at radius 2 is 0.398 bits per heavy atom. The van der Waals surface area contributed by atoms with Gasteiger partial charge in [0, 0.05) is 0 Å². The summed E-state index contributed by atoms with van der Waals surface area (Å²) in [5.41, 5.74) is 7.43. The molecule has 1 aliphatic heterocycles. The lowest BCUT2D eigenvalue weighted by Crippen LogP contribution is -2.15. The largest absolute Gasteiger partial charge is 0.490 e. The molecule has 14 heteroatoms. The predicted octanol–water partition coefficient (Wildman–Crippen LogP) is 22.2. The molecule has 0 radical (unpaired) electrons. The molecule has 0 saturated heterocycles. The molecule has 7 rings (SSSR count). The van der Waals surface area contributed by atoms with Gasteiger partial charge in [0.15, 0.2) is 69.0 Å². The fourth-order valence-electron chi connectivity index (χ4n) is 11.5. The summed E-state index contributed by atoms with van der Waals surface area (Å²) in [7, 11) is 0. The van der Waals surface area contributed by atoms with Gasteiger partial charge in [-0.25, -0.2) is 0 Å². The lowest BCUT2D eigenvalue weighted by atomic mass is 9.93. The van der Waals surface area contributed by atoms with Gasteiger partial charge in [-0.3, -0.25) is 0 Å². The van der Waals surface area contributed by atoms with E-state index in [-0.39, 0.29) is 52.9 Å². The molecule has 14 nitrogen and oxygen atoms in total. The summed E-state index contributed by atoms with van der Waals surface area (Å²) in [5.74, 6) is 8.06. The first-order valence-corrected chi connectivity index (χ1v) is 38.0.